The van der Waals surface area contributed by atoms with Crippen molar-refractivity contribution in [2.45, 2.75) is 88.8 Å². The maximum Gasteiger partial charge on any atom is 0.293 e. The van der Waals surface area contributed by atoms with Gasteiger partial charge in [-0.1, -0.05) is 61.7 Å². The molecule has 16 heteroatoms. The summed E-state index contributed by atoms with van der Waals surface area (Å²) < 4.78 is 0. The Hall–Kier alpha value is -5.22. The van der Waals surface area contributed by atoms with Gasteiger partial charge in [0.1, 0.15) is 18.1 Å². The summed E-state index contributed by atoms with van der Waals surface area (Å²) in [4.78, 5) is 84.5. The molecule has 0 bridgehead atoms. The molecule has 1 aliphatic carbocycles. The first-order valence-corrected chi connectivity index (χ1v) is 19.6. The van der Waals surface area contributed by atoms with Crippen LogP contribution in [0.3, 0.4) is 0 Å². The molecule has 11 N–H and O–H groups in total. The summed E-state index contributed by atoms with van der Waals surface area (Å²) in [5, 5.41) is 7.93. The molecule has 6 amide bonds. The van der Waals surface area contributed by atoms with Crippen LogP contribution in [0.15, 0.2) is 64.5 Å². The van der Waals surface area contributed by atoms with E-state index in [0.717, 1.165) is 43.0 Å². The van der Waals surface area contributed by atoms with Gasteiger partial charge in [-0.05, 0) is 98.5 Å². The highest BCUT2D eigenvalue weighted by Crippen LogP contribution is 2.35. The maximum atomic E-state index is 13.8. The van der Waals surface area contributed by atoms with Crippen molar-refractivity contribution in [3.8, 4) is 0 Å². The molecule has 15 nitrogen and oxygen atoms in total. The first-order chi connectivity index (χ1) is 26.4. The highest BCUT2D eigenvalue weighted by molar-refractivity contribution is 8.18. The summed E-state index contributed by atoms with van der Waals surface area (Å²) in [6.07, 6.45) is 9.03. The number of nitrogens with one attached hydrogen (secondary N) is 3. The van der Waals surface area contributed by atoms with E-state index >= 15 is 0 Å². The van der Waals surface area contributed by atoms with Crippen LogP contribution < -0.4 is 38.9 Å². The van der Waals surface area contributed by atoms with E-state index in [9.17, 15) is 28.8 Å². The minimum atomic E-state index is -1.08. The lowest BCUT2D eigenvalue weighted by atomic mass is 9.89. The van der Waals surface area contributed by atoms with E-state index in [1.807, 2.05) is 30.3 Å². The first-order valence-electron chi connectivity index (χ1n) is 18.8. The van der Waals surface area contributed by atoms with Crippen LogP contribution in [0.2, 0.25) is 0 Å². The molecule has 0 unspecified atom stereocenters. The van der Waals surface area contributed by atoms with Crippen molar-refractivity contribution in [1.82, 2.24) is 20.9 Å². The molecule has 1 saturated carbocycles. The van der Waals surface area contributed by atoms with Crippen LogP contribution in [-0.4, -0.2) is 83.4 Å². The molecule has 0 spiro atoms. The van der Waals surface area contributed by atoms with Gasteiger partial charge in [-0.2, -0.15) is 0 Å². The normalized spacial score (nSPS) is 17.0. The number of nitrogens with two attached hydrogens (primary N) is 4. The Kier molecular flexibility index (Phi) is 16.7. The van der Waals surface area contributed by atoms with Crippen LogP contribution in [0.25, 0.3) is 6.08 Å². The number of amides is 6. The number of aliphatic imine (C=N–C) groups is 1. The van der Waals surface area contributed by atoms with Gasteiger partial charge in [-0.15, -0.1) is 0 Å². The van der Waals surface area contributed by atoms with Gasteiger partial charge in [-0.3, -0.25) is 38.7 Å². The molecule has 0 radical (unpaired) electrons. The van der Waals surface area contributed by atoms with Crippen LogP contribution in [-0.2, 0) is 25.6 Å². The average molecular weight is 776 g/mol. The number of hydrogen-bond acceptors (Lipinski definition) is 9. The van der Waals surface area contributed by atoms with E-state index < -0.39 is 41.8 Å². The quantitative estimate of drug-likeness (QED) is 0.0447. The van der Waals surface area contributed by atoms with Gasteiger partial charge in [0.2, 0.25) is 17.7 Å². The fourth-order valence-electron chi connectivity index (χ4n) is 6.56. The first kappa shape index (κ1) is 42.5. The van der Waals surface area contributed by atoms with Crippen LogP contribution >= 0.6 is 11.8 Å². The number of carbonyl (C=O) groups is 6. The van der Waals surface area contributed by atoms with Crippen LogP contribution in [0, 0.1) is 5.92 Å². The Morgan fingerprint density at radius 2 is 1.45 bits per heavy atom. The van der Waals surface area contributed by atoms with Gasteiger partial charge in [0.05, 0.1) is 4.91 Å². The van der Waals surface area contributed by atoms with Crippen LogP contribution in [0.5, 0.6) is 0 Å². The monoisotopic (exact) mass is 775 g/mol. The molecule has 1 aliphatic heterocycles. The fourth-order valence-corrected chi connectivity index (χ4v) is 7.41. The average Bonchev–Trinajstić information content (AvgIpc) is 3.43. The smallest absolute Gasteiger partial charge is 0.293 e. The molecule has 3 atom stereocenters. The summed E-state index contributed by atoms with van der Waals surface area (Å²) in [6.45, 7) is 1.01. The Morgan fingerprint density at radius 3 is 2.09 bits per heavy atom. The third kappa shape index (κ3) is 13.5. The second kappa shape index (κ2) is 21.6. The minimum Gasteiger partial charge on any atom is -0.370 e. The van der Waals surface area contributed by atoms with Gasteiger partial charge in [0.15, 0.2) is 5.96 Å². The number of guanidine groups is 1. The van der Waals surface area contributed by atoms with E-state index in [1.165, 1.54) is 11.3 Å². The van der Waals surface area contributed by atoms with Crippen molar-refractivity contribution in [2.75, 3.05) is 19.6 Å². The number of primary amides is 1. The zero-order valence-electron chi connectivity index (χ0n) is 31.0. The van der Waals surface area contributed by atoms with Gasteiger partial charge in [0, 0.05) is 25.1 Å². The lowest BCUT2D eigenvalue weighted by Crippen LogP contribution is -2.56. The summed E-state index contributed by atoms with van der Waals surface area (Å²) in [6, 6.07) is 12.3. The van der Waals surface area contributed by atoms with Crippen molar-refractivity contribution >= 4 is 58.6 Å². The van der Waals surface area contributed by atoms with Crippen molar-refractivity contribution in [3.05, 3.63) is 76.2 Å². The zero-order valence-corrected chi connectivity index (χ0v) is 31.9. The zero-order chi connectivity index (χ0) is 39.7. The van der Waals surface area contributed by atoms with Gasteiger partial charge >= 0.3 is 0 Å². The van der Waals surface area contributed by atoms with Crippen LogP contribution in [0.1, 0.15) is 85.7 Å². The number of benzene rings is 2. The van der Waals surface area contributed by atoms with E-state index in [2.05, 4.69) is 20.9 Å². The highest BCUT2D eigenvalue weighted by atomic mass is 32.2. The largest absolute Gasteiger partial charge is 0.370 e. The fraction of sp³-hybridized carbons (Fsp3) is 0.462. The second-order valence-corrected chi connectivity index (χ2v) is 14.9. The van der Waals surface area contributed by atoms with Crippen LogP contribution in [0.4, 0.5) is 4.79 Å². The Balaban J connectivity index is 1.44. The molecule has 2 aromatic rings. The van der Waals surface area contributed by atoms with E-state index in [-0.39, 0.29) is 48.5 Å². The SMILES string of the molecule is NCCCC[C@H](NC(=O)[C@H](CCCN=C(N)N)NC(=O)c1ccc(/C=C2/SC(=O)N(CC3CCCCC3)C2=O)cc1)C(=O)N[C@@H](Cc1ccccc1)C(N)=O. The Morgan fingerprint density at radius 1 is 0.818 bits per heavy atom. The molecule has 2 fully saturated rings. The van der Waals surface area contributed by atoms with Gasteiger partial charge in [0.25, 0.3) is 17.1 Å². The van der Waals surface area contributed by atoms with E-state index in [4.69, 9.17) is 22.9 Å². The number of nitrogens with zero attached hydrogens (tertiary/aromatic N) is 2. The second-order valence-electron chi connectivity index (χ2n) is 13.9. The maximum absolute atomic E-state index is 13.8. The number of imide groups is 1. The van der Waals surface area contributed by atoms with Crippen molar-refractivity contribution in [3.63, 3.8) is 0 Å². The van der Waals surface area contributed by atoms with Gasteiger partial charge < -0.3 is 38.9 Å². The lowest BCUT2D eigenvalue weighted by molar-refractivity contribution is -0.132. The summed E-state index contributed by atoms with van der Waals surface area (Å²) >= 11 is 0.908. The van der Waals surface area contributed by atoms with Gasteiger partial charge in [-0.25, -0.2) is 0 Å². The Labute approximate surface area is 325 Å². The molecule has 2 aliphatic rings. The molecule has 55 heavy (non-hydrogen) atoms. The van der Waals surface area contributed by atoms with Crippen molar-refractivity contribution < 1.29 is 28.8 Å². The molecule has 1 heterocycles. The molecule has 4 rings (SSSR count). The number of rotatable bonds is 20. The molecular weight excluding hydrogens is 723 g/mol. The summed E-state index contributed by atoms with van der Waals surface area (Å²) in [5.74, 6) is -2.60. The number of carbonyl (C=O) groups excluding carboxylic acids is 6. The molecule has 0 aromatic heterocycles. The van der Waals surface area contributed by atoms with E-state index in [1.54, 1.807) is 30.3 Å². The lowest BCUT2D eigenvalue weighted by Gasteiger charge is -2.25. The predicted octanol–water partition coefficient (Wildman–Crippen LogP) is 2.28. The summed E-state index contributed by atoms with van der Waals surface area (Å²) in [5.41, 5.74) is 23.9. The molecular formula is C39H53N9O6S. The number of thioether (sulfide) groups is 1. The predicted molar refractivity (Wildman–Crippen MR) is 213 cm³/mol. The van der Waals surface area contributed by atoms with Crippen molar-refractivity contribution in [1.29, 1.82) is 0 Å². The van der Waals surface area contributed by atoms with E-state index in [0.29, 0.717) is 48.7 Å². The summed E-state index contributed by atoms with van der Waals surface area (Å²) in [7, 11) is 0. The molecule has 2 aromatic carbocycles. The highest BCUT2D eigenvalue weighted by Gasteiger charge is 2.36. The minimum absolute atomic E-state index is 0.116. The standard InChI is InChI=1S/C39H53N9O6S/c40-20-8-7-14-29(36(52)47-31(33(41)49)22-25-10-3-1-4-11-25)46-35(51)30(15-9-21-44-38(42)43)45-34(50)28-18-16-26(17-19-28)23-32-37(53)48(39(54)55-32)24-27-12-5-2-6-13-27/h1,3-4,10-11,16-19,23,27,29-31H,2,5-9,12-15,20-22,24,40H2,(H2,41,49)(H,45,50)(H,46,51)(H,47,52)(H4,42,43,44)/b32-23+/t29-,30-,31-/m0/s1. The topological polar surface area (TPSA) is 258 Å². The molecule has 296 valence electrons. The number of hydrogen-bond donors (Lipinski definition) is 7. The Bertz CT molecular complexity index is 1710. The van der Waals surface area contributed by atoms with Crippen molar-refractivity contribution in [2.24, 2.45) is 33.8 Å². The third-order valence-electron chi connectivity index (χ3n) is 9.60. The molecule has 1 saturated heterocycles. The number of unbranched alkanes of at least 4 members (excludes halogenated alkanes) is 1. The third-order valence-corrected chi connectivity index (χ3v) is 10.5.